The van der Waals surface area contributed by atoms with Gasteiger partial charge in [0, 0.05) is 30.8 Å². The summed E-state index contributed by atoms with van der Waals surface area (Å²) in [6.07, 6.45) is 8.94. The Kier molecular flexibility index (Phi) is 15.1. The summed E-state index contributed by atoms with van der Waals surface area (Å²) in [5.41, 5.74) is -3.36. The number of aliphatic hydroxyl groups is 3. The van der Waals surface area contributed by atoms with Crippen LogP contribution in [-0.4, -0.2) is 102 Å². The molecular formula is C39H62O12. The van der Waals surface area contributed by atoms with E-state index < -0.39 is 65.5 Å². The number of ether oxygens (including phenoxy) is 6. The summed E-state index contributed by atoms with van der Waals surface area (Å²) in [4.78, 5) is 39.2. The minimum absolute atomic E-state index is 0.0662. The fourth-order valence-corrected chi connectivity index (χ4v) is 8.27. The number of hydrogen-bond donors (Lipinski definition) is 3. The maximum atomic E-state index is 13.4. The summed E-state index contributed by atoms with van der Waals surface area (Å²) in [6, 6.07) is 0. The standard InChI is InChI=1S/C39H62O12/c1-6-7-8-9-10-14-32(42)51-36-26(17-33(43)46-5)21-38(4)22-31(23-40)49-34(44)19-27(41)18-28-12-11-13-29(48-28)20-30-24-47-35(50-30)15-16-37(2,3)39(36,45)25-38/h15-17,27-31,35-36,40-41,45H,6-14,18-25H2,1-5H3/t27-,28+,29-,30?,31-,35+,36+,38+,39+/m1/s1. The van der Waals surface area contributed by atoms with Crippen molar-refractivity contribution in [1.29, 1.82) is 0 Å². The molecule has 3 aliphatic heterocycles. The predicted molar refractivity (Wildman–Crippen MR) is 187 cm³/mol. The van der Waals surface area contributed by atoms with Gasteiger partial charge in [-0.3, -0.25) is 9.59 Å². The van der Waals surface area contributed by atoms with E-state index in [1.54, 1.807) is 6.08 Å². The van der Waals surface area contributed by atoms with Crippen molar-refractivity contribution in [2.45, 2.75) is 173 Å². The smallest absolute Gasteiger partial charge is 0.330 e. The van der Waals surface area contributed by atoms with E-state index in [4.69, 9.17) is 28.4 Å². The summed E-state index contributed by atoms with van der Waals surface area (Å²) < 4.78 is 35.3. The zero-order valence-electron chi connectivity index (χ0n) is 31.3. The first-order chi connectivity index (χ1) is 24.2. The van der Waals surface area contributed by atoms with Crippen LogP contribution in [0.25, 0.3) is 0 Å². The Bertz CT molecular complexity index is 1230. The van der Waals surface area contributed by atoms with Gasteiger partial charge in [-0.05, 0) is 62.0 Å². The summed E-state index contributed by atoms with van der Waals surface area (Å²) in [6.45, 7) is 7.54. The first-order valence-corrected chi connectivity index (χ1v) is 19.0. The molecule has 1 saturated carbocycles. The van der Waals surface area contributed by atoms with E-state index >= 15 is 0 Å². The maximum absolute atomic E-state index is 13.4. The minimum atomic E-state index is -1.78. The molecule has 0 aromatic heterocycles. The Morgan fingerprint density at radius 1 is 1.04 bits per heavy atom. The van der Waals surface area contributed by atoms with Crippen molar-refractivity contribution in [3.05, 3.63) is 23.8 Å². The van der Waals surface area contributed by atoms with Gasteiger partial charge in [0.1, 0.15) is 11.7 Å². The number of aliphatic hydroxyl groups excluding tert-OH is 2. The fourth-order valence-electron chi connectivity index (χ4n) is 8.27. The number of unbranched alkanes of at least 4 members (excludes halogenated alkanes) is 4. The molecule has 3 heterocycles. The molecule has 3 N–H and O–H groups in total. The Balaban J connectivity index is 1.70. The predicted octanol–water partition coefficient (Wildman–Crippen LogP) is 4.99. The van der Waals surface area contributed by atoms with Gasteiger partial charge in [0.05, 0.1) is 51.2 Å². The second-order valence-electron chi connectivity index (χ2n) is 16.0. The number of rotatable bonds is 9. The van der Waals surface area contributed by atoms with Crippen LogP contribution in [-0.2, 0) is 42.8 Å². The quantitative estimate of drug-likeness (QED) is 0.0961. The normalized spacial score (nSPS) is 37.0. The van der Waals surface area contributed by atoms with Crippen LogP contribution in [0.5, 0.6) is 0 Å². The van der Waals surface area contributed by atoms with Crippen LogP contribution in [0.4, 0.5) is 0 Å². The largest absolute Gasteiger partial charge is 0.466 e. The summed E-state index contributed by atoms with van der Waals surface area (Å²) in [5, 5.41) is 34.1. The minimum Gasteiger partial charge on any atom is -0.466 e. The molecule has 12 heteroatoms. The zero-order valence-corrected chi connectivity index (χ0v) is 31.3. The molecule has 6 bridgehead atoms. The third-order valence-corrected chi connectivity index (χ3v) is 11.0. The van der Waals surface area contributed by atoms with E-state index in [-0.39, 0.29) is 56.8 Å². The molecule has 2 saturated heterocycles. The van der Waals surface area contributed by atoms with Gasteiger partial charge >= 0.3 is 17.9 Å². The molecule has 4 rings (SSSR count). The van der Waals surface area contributed by atoms with Gasteiger partial charge in [-0.25, -0.2) is 4.79 Å². The van der Waals surface area contributed by atoms with Crippen molar-refractivity contribution in [2.24, 2.45) is 10.8 Å². The summed E-state index contributed by atoms with van der Waals surface area (Å²) in [7, 11) is 1.25. The highest BCUT2D eigenvalue weighted by Crippen LogP contribution is 2.55. The third-order valence-electron chi connectivity index (χ3n) is 11.0. The lowest BCUT2D eigenvalue weighted by atomic mass is 9.55. The topological polar surface area (TPSA) is 167 Å². The van der Waals surface area contributed by atoms with E-state index in [0.717, 1.165) is 44.9 Å². The number of fused-ring (bicyclic) bond motifs is 6. The van der Waals surface area contributed by atoms with Crippen LogP contribution in [0.2, 0.25) is 0 Å². The van der Waals surface area contributed by atoms with E-state index in [1.807, 2.05) is 26.8 Å². The van der Waals surface area contributed by atoms with Gasteiger partial charge in [-0.1, -0.05) is 59.5 Å². The van der Waals surface area contributed by atoms with Crippen LogP contribution in [0, 0.1) is 10.8 Å². The molecule has 12 nitrogen and oxygen atoms in total. The summed E-state index contributed by atoms with van der Waals surface area (Å²) >= 11 is 0. The number of hydrogen-bond acceptors (Lipinski definition) is 12. The first-order valence-electron chi connectivity index (χ1n) is 19.0. The highest BCUT2D eigenvalue weighted by atomic mass is 16.7. The molecule has 290 valence electrons. The van der Waals surface area contributed by atoms with Gasteiger partial charge in [0.25, 0.3) is 0 Å². The Morgan fingerprint density at radius 2 is 1.76 bits per heavy atom. The highest BCUT2D eigenvalue weighted by Gasteiger charge is 2.59. The average Bonchev–Trinajstić information content (AvgIpc) is 3.51. The van der Waals surface area contributed by atoms with Gasteiger partial charge in [0.2, 0.25) is 0 Å². The van der Waals surface area contributed by atoms with Crippen molar-refractivity contribution >= 4 is 17.9 Å². The highest BCUT2D eigenvalue weighted by molar-refractivity contribution is 5.83. The molecule has 9 atom stereocenters. The van der Waals surface area contributed by atoms with Crippen LogP contribution >= 0.6 is 0 Å². The van der Waals surface area contributed by atoms with Crippen LogP contribution in [0.3, 0.4) is 0 Å². The molecule has 0 aromatic rings. The maximum Gasteiger partial charge on any atom is 0.330 e. The zero-order chi connectivity index (χ0) is 37.2. The van der Waals surface area contributed by atoms with Crippen LogP contribution in [0.1, 0.15) is 124 Å². The van der Waals surface area contributed by atoms with Crippen molar-refractivity contribution < 1.29 is 58.1 Å². The monoisotopic (exact) mass is 722 g/mol. The number of carbonyl (C=O) groups excluding carboxylic acids is 3. The molecule has 1 aliphatic carbocycles. The van der Waals surface area contributed by atoms with Crippen molar-refractivity contribution in [3.63, 3.8) is 0 Å². The lowest BCUT2D eigenvalue weighted by Gasteiger charge is -2.55. The number of cyclic esters (lactones) is 1. The molecule has 0 amide bonds. The molecule has 51 heavy (non-hydrogen) atoms. The molecule has 0 spiro atoms. The SMILES string of the molecule is CCCCCCCC(=O)O[C@H]1C(=CC(=O)OC)C[C@@]2(C)C[C@H](CO)OC(=O)C[C@H](O)C[C@@H]3CCC[C@H](CC4CO[C@H](C=CC(C)(C)[C@]1(O)C2)O4)O3. The van der Waals surface area contributed by atoms with Gasteiger partial charge < -0.3 is 43.7 Å². The molecule has 0 radical (unpaired) electrons. The first kappa shape index (κ1) is 41.4. The number of esters is 3. The van der Waals surface area contributed by atoms with Crippen molar-refractivity contribution in [3.8, 4) is 0 Å². The van der Waals surface area contributed by atoms with Crippen molar-refractivity contribution in [1.82, 2.24) is 0 Å². The van der Waals surface area contributed by atoms with Crippen LogP contribution < -0.4 is 0 Å². The molecule has 3 fully saturated rings. The van der Waals surface area contributed by atoms with Gasteiger partial charge in [-0.15, -0.1) is 0 Å². The van der Waals surface area contributed by atoms with E-state index in [9.17, 15) is 29.7 Å². The Labute approximate surface area is 303 Å². The second-order valence-corrected chi connectivity index (χ2v) is 16.0. The van der Waals surface area contributed by atoms with Crippen LogP contribution in [0.15, 0.2) is 23.8 Å². The summed E-state index contributed by atoms with van der Waals surface area (Å²) in [5.74, 6) is -1.80. The van der Waals surface area contributed by atoms with E-state index in [0.29, 0.717) is 25.0 Å². The molecule has 0 aromatic carbocycles. The number of methoxy groups -OCH3 is 1. The lowest BCUT2D eigenvalue weighted by Crippen LogP contribution is -2.61. The van der Waals surface area contributed by atoms with Gasteiger partial charge in [0.15, 0.2) is 12.4 Å². The molecular weight excluding hydrogens is 660 g/mol. The Morgan fingerprint density at radius 3 is 2.47 bits per heavy atom. The fraction of sp³-hybridized carbons (Fsp3) is 0.821. The average molecular weight is 723 g/mol. The third kappa shape index (κ3) is 11.6. The molecule has 4 aliphatic rings. The van der Waals surface area contributed by atoms with E-state index in [2.05, 4.69) is 6.92 Å². The van der Waals surface area contributed by atoms with E-state index in [1.165, 1.54) is 13.2 Å². The number of carbonyl (C=O) groups is 3. The Hall–Kier alpha value is -2.35. The lowest BCUT2D eigenvalue weighted by molar-refractivity contribution is -0.193. The van der Waals surface area contributed by atoms with Gasteiger partial charge in [-0.2, -0.15) is 0 Å². The second kappa shape index (κ2) is 18.6. The molecule has 1 unspecified atom stereocenters. The van der Waals surface area contributed by atoms with Crippen molar-refractivity contribution in [2.75, 3.05) is 20.3 Å².